The summed E-state index contributed by atoms with van der Waals surface area (Å²) in [6.45, 7) is 1.90. The third-order valence-electron chi connectivity index (χ3n) is 2.97. The van der Waals surface area contributed by atoms with E-state index in [-0.39, 0.29) is 5.89 Å². The van der Waals surface area contributed by atoms with E-state index in [1.807, 2.05) is 13.0 Å². The van der Waals surface area contributed by atoms with Crippen molar-refractivity contribution in [2.75, 3.05) is 0 Å². The van der Waals surface area contributed by atoms with Crippen LogP contribution in [0.1, 0.15) is 5.56 Å². The minimum absolute atomic E-state index is 0.166. The van der Waals surface area contributed by atoms with Gasteiger partial charge in [-0.25, -0.2) is 9.78 Å². The fraction of sp³-hybridized carbons (Fsp3) is 0.0667. The van der Waals surface area contributed by atoms with E-state index in [4.69, 9.17) is 27.6 Å². The number of aromatic nitrogens is 1. The van der Waals surface area contributed by atoms with Gasteiger partial charge < -0.3 is 4.42 Å². The van der Waals surface area contributed by atoms with Crippen molar-refractivity contribution in [2.45, 2.75) is 6.92 Å². The topological polar surface area (TPSA) is 43.1 Å². The number of hydrogen-bond donors (Lipinski definition) is 0. The van der Waals surface area contributed by atoms with E-state index in [0.29, 0.717) is 26.5 Å². The molecule has 0 saturated carbocycles. The SMILES string of the molecule is Cc1ccc2nc(-c3cccc(Cl)c3Cl)oc(=O)c2c1. The zero-order valence-corrected chi connectivity index (χ0v) is 12.0. The zero-order valence-electron chi connectivity index (χ0n) is 10.5. The molecule has 100 valence electrons. The molecular weight excluding hydrogens is 297 g/mol. The maximum absolute atomic E-state index is 12.0. The molecule has 3 aromatic rings. The van der Waals surface area contributed by atoms with Crippen LogP contribution in [0.2, 0.25) is 10.0 Å². The van der Waals surface area contributed by atoms with Crippen LogP contribution in [0, 0.1) is 6.92 Å². The van der Waals surface area contributed by atoms with Crippen molar-refractivity contribution in [3.05, 3.63) is 62.4 Å². The van der Waals surface area contributed by atoms with Crippen LogP contribution in [-0.2, 0) is 0 Å². The lowest BCUT2D eigenvalue weighted by Crippen LogP contribution is -2.03. The third kappa shape index (κ3) is 2.19. The molecule has 0 aliphatic carbocycles. The van der Waals surface area contributed by atoms with Crippen LogP contribution in [0.4, 0.5) is 0 Å². The molecule has 3 nitrogen and oxygen atoms in total. The summed E-state index contributed by atoms with van der Waals surface area (Å²) < 4.78 is 5.26. The summed E-state index contributed by atoms with van der Waals surface area (Å²) in [7, 11) is 0. The Morgan fingerprint density at radius 3 is 2.75 bits per heavy atom. The Labute approximate surface area is 124 Å². The smallest absolute Gasteiger partial charge is 0.347 e. The minimum Gasteiger partial charge on any atom is -0.403 e. The van der Waals surface area contributed by atoms with Gasteiger partial charge in [0.15, 0.2) is 0 Å². The zero-order chi connectivity index (χ0) is 14.3. The maximum Gasteiger partial charge on any atom is 0.347 e. The van der Waals surface area contributed by atoms with Gasteiger partial charge in [-0.1, -0.05) is 40.9 Å². The number of fused-ring (bicyclic) bond motifs is 1. The Morgan fingerprint density at radius 2 is 1.95 bits per heavy atom. The molecule has 0 unspecified atom stereocenters. The second-order valence-electron chi connectivity index (χ2n) is 4.43. The normalized spacial score (nSPS) is 10.9. The predicted molar refractivity (Wildman–Crippen MR) is 80.5 cm³/mol. The van der Waals surface area contributed by atoms with Crippen molar-refractivity contribution >= 4 is 34.1 Å². The van der Waals surface area contributed by atoms with Gasteiger partial charge >= 0.3 is 5.63 Å². The molecule has 0 N–H and O–H groups in total. The Bertz CT molecular complexity index is 871. The highest BCUT2D eigenvalue weighted by Crippen LogP contribution is 2.32. The van der Waals surface area contributed by atoms with Crippen molar-refractivity contribution < 1.29 is 4.42 Å². The second kappa shape index (κ2) is 4.93. The van der Waals surface area contributed by atoms with Crippen LogP contribution >= 0.6 is 23.2 Å². The molecule has 0 aliphatic heterocycles. The molecule has 3 rings (SSSR count). The molecular formula is C15H9Cl2NO2. The fourth-order valence-electron chi connectivity index (χ4n) is 1.97. The van der Waals surface area contributed by atoms with E-state index >= 15 is 0 Å². The molecule has 5 heteroatoms. The largest absolute Gasteiger partial charge is 0.403 e. The van der Waals surface area contributed by atoms with E-state index in [1.54, 1.807) is 30.3 Å². The summed E-state index contributed by atoms with van der Waals surface area (Å²) >= 11 is 12.1. The third-order valence-corrected chi connectivity index (χ3v) is 3.78. The summed E-state index contributed by atoms with van der Waals surface area (Å²) in [5, 5.41) is 1.15. The van der Waals surface area contributed by atoms with Gasteiger partial charge in [0.2, 0.25) is 5.89 Å². The van der Waals surface area contributed by atoms with Crippen LogP contribution in [0.25, 0.3) is 22.4 Å². The van der Waals surface area contributed by atoms with Gasteiger partial charge in [-0.05, 0) is 31.2 Å². The molecule has 0 fully saturated rings. The average Bonchev–Trinajstić information content (AvgIpc) is 2.42. The van der Waals surface area contributed by atoms with Gasteiger partial charge in [-0.2, -0.15) is 0 Å². The summed E-state index contributed by atoms with van der Waals surface area (Å²) in [5.74, 6) is 0.166. The average molecular weight is 306 g/mol. The first-order valence-corrected chi connectivity index (χ1v) is 6.68. The number of aryl methyl sites for hydroxylation is 1. The second-order valence-corrected chi connectivity index (χ2v) is 5.21. The quantitative estimate of drug-likeness (QED) is 0.666. The Kier molecular flexibility index (Phi) is 3.24. The number of halogens is 2. The standard InChI is InChI=1S/C15H9Cl2NO2/c1-8-5-6-12-10(7-8)15(19)20-14(18-12)9-3-2-4-11(16)13(9)17/h2-7H,1H3. The highest BCUT2D eigenvalue weighted by atomic mass is 35.5. The summed E-state index contributed by atoms with van der Waals surface area (Å²) in [6.07, 6.45) is 0. The van der Waals surface area contributed by atoms with Crippen molar-refractivity contribution in [3.63, 3.8) is 0 Å². The highest BCUT2D eigenvalue weighted by molar-refractivity contribution is 6.43. The Morgan fingerprint density at radius 1 is 1.15 bits per heavy atom. The molecule has 0 aliphatic rings. The molecule has 0 atom stereocenters. The molecule has 0 spiro atoms. The number of nitrogens with zero attached hydrogens (tertiary/aromatic N) is 1. The first-order chi connectivity index (χ1) is 9.56. The van der Waals surface area contributed by atoms with E-state index in [2.05, 4.69) is 4.98 Å². The highest BCUT2D eigenvalue weighted by Gasteiger charge is 2.13. The van der Waals surface area contributed by atoms with Gasteiger partial charge in [0, 0.05) is 0 Å². The molecule has 2 aromatic carbocycles. The van der Waals surface area contributed by atoms with Gasteiger partial charge in [0.1, 0.15) is 0 Å². The first kappa shape index (κ1) is 13.2. The van der Waals surface area contributed by atoms with Crippen LogP contribution in [-0.4, -0.2) is 4.98 Å². The van der Waals surface area contributed by atoms with E-state index in [0.717, 1.165) is 5.56 Å². The van der Waals surface area contributed by atoms with E-state index in [1.165, 1.54) is 0 Å². The lowest BCUT2D eigenvalue weighted by molar-refractivity contribution is 0.518. The summed E-state index contributed by atoms with van der Waals surface area (Å²) in [5.41, 5.74) is 1.60. The van der Waals surface area contributed by atoms with Gasteiger partial charge in [0.05, 0.1) is 26.5 Å². The molecule has 0 amide bonds. The van der Waals surface area contributed by atoms with Crippen molar-refractivity contribution in [3.8, 4) is 11.5 Å². The van der Waals surface area contributed by atoms with E-state index in [9.17, 15) is 4.79 Å². The maximum atomic E-state index is 12.0. The molecule has 1 heterocycles. The van der Waals surface area contributed by atoms with Crippen molar-refractivity contribution in [1.82, 2.24) is 4.98 Å². The number of benzene rings is 2. The predicted octanol–water partition coefficient (Wildman–Crippen LogP) is 4.47. The van der Waals surface area contributed by atoms with E-state index < -0.39 is 5.63 Å². The molecule has 0 bridgehead atoms. The Hall–Kier alpha value is -1.84. The van der Waals surface area contributed by atoms with Gasteiger partial charge in [-0.15, -0.1) is 0 Å². The van der Waals surface area contributed by atoms with Crippen LogP contribution in [0.3, 0.4) is 0 Å². The van der Waals surface area contributed by atoms with Crippen LogP contribution in [0.15, 0.2) is 45.6 Å². The summed E-state index contributed by atoms with van der Waals surface area (Å²) in [6, 6.07) is 10.5. The summed E-state index contributed by atoms with van der Waals surface area (Å²) in [4.78, 5) is 16.4. The fourth-order valence-corrected chi connectivity index (χ4v) is 2.35. The minimum atomic E-state index is -0.440. The lowest BCUT2D eigenvalue weighted by atomic mass is 10.1. The Balaban J connectivity index is 2.31. The van der Waals surface area contributed by atoms with Crippen molar-refractivity contribution in [1.29, 1.82) is 0 Å². The van der Waals surface area contributed by atoms with Gasteiger partial charge in [0.25, 0.3) is 0 Å². The molecule has 20 heavy (non-hydrogen) atoms. The monoisotopic (exact) mass is 305 g/mol. The molecule has 1 aromatic heterocycles. The molecule has 0 saturated heterocycles. The van der Waals surface area contributed by atoms with Gasteiger partial charge in [-0.3, -0.25) is 0 Å². The van der Waals surface area contributed by atoms with Crippen LogP contribution < -0.4 is 5.63 Å². The number of rotatable bonds is 1. The molecule has 0 radical (unpaired) electrons. The first-order valence-electron chi connectivity index (χ1n) is 5.92. The number of hydrogen-bond acceptors (Lipinski definition) is 3. The van der Waals surface area contributed by atoms with Crippen LogP contribution in [0.5, 0.6) is 0 Å². The van der Waals surface area contributed by atoms with Crippen molar-refractivity contribution in [2.24, 2.45) is 0 Å². The lowest BCUT2D eigenvalue weighted by Gasteiger charge is -2.05.